The molecule has 0 fully saturated rings. The van der Waals surface area contributed by atoms with Gasteiger partial charge in [-0.15, -0.1) is 11.3 Å². The molecule has 4 heteroatoms. The molecule has 2 aromatic rings. The third-order valence-electron chi connectivity index (χ3n) is 4.05. The number of carbonyl (C=O) groups excluding carboxylic acids is 1. The van der Waals surface area contributed by atoms with E-state index in [1.165, 1.54) is 16.0 Å². The van der Waals surface area contributed by atoms with Crippen LogP contribution in [-0.4, -0.2) is 30.8 Å². The molecule has 0 saturated heterocycles. The fourth-order valence-corrected chi connectivity index (χ4v) is 5.25. The average molecular weight is 364 g/mol. The van der Waals surface area contributed by atoms with Gasteiger partial charge in [-0.1, -0.05) is 30.3 Å². The van der Waals surface area contributed by atoms with E-state index >= 15 is 0 Å². The van der Waals surface area contributed by atoms with Crippen LogP contribution >= 0.6 is 27.3 Å². The van der Waals surface area contributed by atoms with Gasteiger partial charge in [0.05, 0.1) is 4.88 Å². The van der Waals surface area contributed by atoms with Crippen molar-refractivity contribution in [2.24, 2.45) is 0 Å². The summed E-state index contributed by atoms with van der Waals surface area (Å²) in [6.07, 6.45) is 1.000. The van der Waals surface area contributed by atoms with Gasteiger partial charge in [-0.05, 0) is 47.4 Å². The van der Waals surface area contributed by atoms with Crippen molar-refractivity contribution in [3.63, 3.8) is 0 Å². The molecule has 0 N–H and O–H groups in total. The molecule has 0 aliphatic carbocycles. The number of fused-ring (bicyclic) bond motifs is 1. The van der Waals surface area contributed by atoms with Gasteiger partial charge in [-0.2, -0.15) is 0 Å². The lowest BCUT2D eigenvalue weighted by Crippen LogP contribution is -2.24. The Kier molecular flexibility index (Phi) is 4.29. The zero-order valence-electron chi connectivity index (χ0n) is 12.2. The number of Topliss-reactive ketones (excluding diaryl/α,β-unsaturated/α-hetero) is 1. The fraction of sp³-hybridized carbons (Fsp3) is 0.353. The lowest BCUT2D eigenvalue weighted by atomic mass is 9.95. The molecule has 1 aromatic carbocycles. The second-order valence-corrected chi connectivity index (χ2v) is 7.46. The summed E-state index contributed by atoms with van der Waals surface area (Å²) < 4.78 is 1.02. The van der Waals surface area contributed by atoms with Crippen LogP contribution in [0.25, 0.3) is 0 Å². The normalized spacial score (nSPS) is 19.1. The SMILES string of the molecule is CC(=O)c1sc2c(c1Br)CCN(C)CC2c1ccccc1. The summed E-state index contributed by atoms with van der Waals surface area (Å²) in [4.78, 5) is 16.4. The van der Waals surface area contributed by atoms with Gasteiger partial charge in [0.1, 0.15) is 0 Å². The maximum atomic E-state index is 11.8. The summed E-state index contributed by atoms with van der Waals surface area (Å²) >= 11 is 5.33. The van der Waals surface area contributed by atoms with Gasteiger partial charge in [0.2, 0.25) is 0 Å². The Morgan fingerprint density at radius 3 is 2.71 bits per heavy atom. The first-order valence-corrected chi connectivity index (χ1v) is 8.74. The first kappa shape index (κ1) is 14.9. The molecule has 0 saturated carbocycles. The highest BCUT2D eigenvalue weighted by molar-refractivity contribution is 9.10. The molecule has 0 spiro atoms. The smallest absolute Gasteiger partial charge is 0.170 e. The van der Waals surface area contributed by atoms with E-state index in [0.717, 1.165) is 28.9 Å². The zero-order valence-corrected chi connectivity index (χ0v) is 14.6. The molecule has 0 radical (unpaired) electrons. The highest BCUT2D eigenvalue weighted by Crippen LogP contribution is 2.42. The van der Waals surface area contributed by atoms with Crippen LogP contribution in [0.1, 0.15) is 38.5 Å². The molecule has 3 rings (SSSR count). The van der Waals surface area contributed by atoms with Crippen molar-refractivity contribution in [3.8, 4) is 0 Å². The largest absolute Gasteiger partial charge is 0.305 e. The Morgan fingerprint density at radius 2 is 2.05 bits per heavy atom. The number of benzene rings is 1. The molecule has 1 atom stereocenters. The standard InChI is InChI=1S/C17H18BrNOS/c1-11(20)16-15(18)13-8-9-19(2)10-14(17(13)21-16)12-6-4-3-5-7-12/h3-7,14H,8-10H2,1-2H3. The Labute approximate surface area is 137 Å². The Bertz CT molecular complexity index is 665. The van der Waals surface area contributed by atoms with Crippen LogP contribution < -0.4 is 0 Å². The number of hydrogen-bond donors (Lipinski definition) is 0. The summed E-state index contributed by atoms with van der Waals surface area (Å²) in [5.74, 6) is 0.503. The van der Waals surface area contributed by atoms with Crippen LogP contribution in [0.2, 0.25) is 0 Å². The molecule has 2 nitrogen and oxygen atoms in total. The summed E-state index contributed by atoms with van der Waals surface area (Å²) in [7, 11) is 2.17. The first-order valence-electron chi connectivity index (χ1n) is 7.13. The van der Waals surface area contributed by atoms with Gasteiger partial charge >= 0.3 is 0 Å². The van der Waals surface area contributed by atoms with E-state index in [9.17, 15) is 4.79 Å². The molecular formula is C17H18BrNOS. The minimum atomic E-state index is 0.153. The van der Waals surface area contributed by atoms with Crippen LogP contribution in [0.3, 0.4) is 0 Å². The fourth-order valence-electron chi connectivity index (χ4n) is 2.93. The van der Waals surface area contributed by atoms with Crippen molar-refractivity contribution in [3.05, 3.63) is 55.7 Å². The predicted molar refractivity (Wildman–Crippen MR) is 91.5 cm³/mol. The van der Waals surface area contributed by atoms with Crippen molar-refractivity contribution >= 4 is 33.0 Å². The van der Waals surface area contributed by atoms with Crippen molar-refractivity contribution in [2.75, 3.05) is 20.1 Å². The first-order chi connectivity index (χ1) is 10.1. The highest BCUT2D eigenvalue weighted by atomic mass is 79.9. The van der Waals surface area contributed by atoms with Crippen LogP contribution in [0.5, 0.6) is 0 Å². The topological polar surface area (TPSA) is 20.3 Å². The Hall–Kier alpha value is -0.970. The predicted octanol–water partition coefficient (Wildman–Crippen LogP) is 4.33. The molecule has 1 unspecified atom stereocenters. The Morgan fingerprint density at radius 1 is 1.33 bits per heavy atom. The number of ketones is 1. The molecule has 2 heterocycles. The number of rotatable bonds is 2. The van der Waals surface area contributed by atoms with E-state index in [1.54, 1.807) is 18.3 Å². The maximum absolute atomic E-state index is 11.8. The lowest BCUT2D eigenvalue weighted by molar-refractivity contribution is 0.102. The number of likely N-dealkylation sites (N-methyl/N-ethyl adjacent to an activating group) is 1. The van der Waals surface area contributed by atoms with E-state index < -0.39 is 0 Å². The van der Waals surface area contributed by atoms with Crippen molar-refractivity contribution < 1.29 is 4.79 Å². The second-order valence-electron chi connectivity index (χ2n) is 5.62. The van der Waals surface area contributed by atoms with Crippen molar-refractivity contribution in [1.29, 1.82) is 0 Å². The van der Waals surface area contributed by atoms with Gasteiger partial charge in [0, 0.05) is 28.4 Å². The molecule has 0 amide bonds. The molecule has 1 aliphatic heterocycles. The lowest BCUT2D eigenvalue weighted by Gasteiger charge is -2.20. The number of hydrogen-bond acceptors (Lipinski definition) is 3. The third kappa shape index (κ3) is 2.85. The third-order valence-corrected chi connectivity index (χ3v) is 6.63. The summed E-state index contributed by atoms with van der Waals surface area (Å²) in [5.41, 5.74) is 2.65. The van der Waals surface area contributed by atoms with Crippen LogP contribution in [-0.2, 0) is 6.42 Å². The van der Waals surface area contributed by atoms with Crippen molar-refractivity contribution in [1.82, 2.24) is 4.90 Å². The van der Waals surface area contributed by atoms with E-state index in [1.807, 2.05) is 0 Å². The summed E-state index contributed by atoms with van der Waals surface area (Å²) in [6.45, 7) is 3.68. The molecule has 110 valence electrons. The van der Waals surface area contributed by atoms with Gasteiger partial charge in [0.25, 0.3) is 0 Å². The summed E-state index contributed by atoms with van der Waals surface area (Å²) in [5, 5.41) is 0. The quantitative estimate of drug-likeness (QED) is 0.740. The zero-order chi connectivity index (χ0) is 15.0. The van der Waals surface area contributed by atoms with Gasteiger partial charge in [-0.3, -0.25) is 4.79 Å². The maximum Gasteiger partial charge on any atom is 0.170 e. The molecule has 0 bridgehead atoms. The minimum absolute atomic E-state index is 0.153. The van der Waals surface area contributed by atoms with Crippen molar-refractivity contribution in [2.45, 2.75) is 19.3 Å². The summed E-state index contributed by atoms with van der Waals surface area (Å²) in [6, 6.07) is 10.6. The molecule has 1 aromatic heterocycles. The number of thiophene rings is 1. The van der Waals surface area contributed by atoms with Crippen LogP contribution in [0, 0.1) is 0 Å². The van der Waals surface area contributed by atoms with Crippen LogP contribution in [0.15, 0.2) is 34.8 Å². The van der Waals surface area contributed by atoms with E-state index in [2.05, 4.69) is 58.2 Å². The average Bonchev–Trinajstić information content (AvgIpc) is 2.70. The van der Waals surface area contributed by atoms with Gasteiger partial charge in [0.15, 0.2) is 5.78 Å². The Balaban J connectivity index is 2.13. The van der Waals surface area contributed by atoms with Crippen LogP contribution in [0.4, 0.5) is 0 Å². The molecule has 21 heavy (non-hydrogen) atoms. The number of carbonyl (C=O) groups is 1. The number of nitrogens with zero attached hydrogens (tertiary/aromatic N) is 1. The molecule has 1 aliphatic rings. The molecular weight excluding hydrogens is 346 g/mol. The van der Waals surface area contributed by atoms with Gasteiger partial charge < -0.3 is 4.90 Å². The van der Waals surface area contributed by atoms with E-state index in [4.69, 9.17) is 0 Å². The van der Waals surface area contributed by atoms with E-state index in [-0.39, 0.29) is 5.78 Å². The minimum Gasteiger partial charge on any atom is -0.305 e. The number of halogens is 1. The monoisotopic (exact) mass is 363 g/mol. The second kappa shape index (κ2) is 6.03. The highest BCUT2D eigenvalue weighted by Gasteiger charge is 2.29. The van der Waals surface area contributed by atoms with Gasteiger partial charge in [-0.25, -0.2) is 0 Å². The van der Waals surface area contributed by atoms with E-state index in [0.29, 0.717) is 5.92 Å².